The van der Waals surface area contributed by atoms with Crippen LogP contribution in [0.2, 0.25) is 0 Å². The first kappa shape index (κ1) is 27.1. The van der Waals surface area contributed by atoms with E-state index in [0.29, 0.717) is 0 Å². The van der Waals surface area contributed by atoms with Crippen molar-refractivity contribution < 1.29 is 32.3 Å². The van der Waals surface area contributed by atoms with E-state index in [2.05, 4.69) is 10.1 Å². The van der Waals surface area contributed by atoms with Crippen LogP contribution in [0.1, 0.15) is 33.4 Å². The van der Waals surface area contributed by atoms with E-state index in [4.69, 9.17) is 35.9 Å². The fourth-order valence-electron chi connectivity index (χ4n) is 3.22. The first-order valence-electron chi connectivity index (χ1n) is 10.7. The van der Waals surface area contributed by atoms with Gasteiger partial charge in [-0.25, -0.2) is 13.8 Å². The Balaban J connectivity index is 1.74. The van der Waals surface area contributed by atoms with Crippen LogP contribution in [0.5, 0.6) is 5.75 Å². The number of nitrogens with zero attached hydrogens (tertiary/aromatic N) is 2. The van der Waals surface area contributed by atoms with Crippen LogP contribution in [-0.4, -0.2) is 45.5 Å². The summed E-state index contributed by atoms with van der Waals surface area (Å²) in [6.07, 6.45) is -2.12. The fraction of sp³-hybridized carbons (Fsp3) is 0.476. The summed E-state index contributed by atoms with van der Waals surface area (Å²) in [4.78, 5) is 27.9. The maximum Gasteiger partial charge on any atom is 0.459 e. The third-order valence-corrected chi connectivity index (χ3v) is 6.73. The molecule has 0 bridgehead atoms. The Morgan fingerprint density at radius 3 is 2.69 bits per heavy atom. The van der Waals surface area contributed by atoms with Crippen molar-refractivity contribution in [1.29, 1.82) is 0 Å². The Labute approximate surface area is 206 Å². The summed E-state index contributed by atoms with van der Waals surface area (Å²) in [6, 6.07) is 8.37. The monoisotopic (exact) mass is 532 g/mol. The smallest absolute Gasteiger partial charge is 0.459 e. The molecule has 1 saturated heterocycles. The van der Waals surface area contributed by atoms with E-state index in [1.807, 2.05) is 0 Å². The van der Waals surface area contributed by atoms with Gasteiger partial charge in [0.25, 0.3) is 0 Å². The first-order chi connectivity index (χ1) is 16.4. The summed E-state index contributed by atoms with van der Waals surface area (Å²) >= 11 is 5.99. The van der Waals surface area contributed by atoms with E-state index in [1.165, 1.54) is 19.2 Å². The molecule has 14 heteroatoms. The molecule has 5 atom stereocenters. The Hall–Kier alpha value is -2.50. The van der Waals surface area contributed by atoms with Crippen molar-refractivity contribution in [3.63, 3.8) is 0 Å². The van der Waals surface area contributed by atoms with Crippen molar-refractivity contribution in [3.8, 4) is 5.75 Å². The number of carbonyl (C=O) groups is 1. The van der Waals surface area contributed by atoms with E-state index in [9.17, 15) is 14.2 Å². The van der Waals surface area contributed by atoms with Gasteiger partial charge in [0.2, 0.25) is 5.13 Å². The Morgan fingerprint density at radius 1 is 1.37 bits per heavy atom. The van der Waals surface area contributed by atoms with E-state index in [0.717, 1.165) is 4.57 Å². The summed E-state index contributed by atoms with van der Waals surface area (Å²) in [5.74, 6) is -0.510. The highest BCUT2D eigenvalue weighted by molar-refractivity contribution is 7.52. The number of esters is 1. The van der Waals surface area contributed by atoms with E-state index >= 15 is 4.39 Å². The molecule has 1 fully saturated rings. The highest BCUT2D eigenvalue weighted by Gasteiger charge is 2.50. The summed E-state index contributed by atoms with van der Waals surface area (Å²) in [7, 11) is -4.19. The lowest BCUT2D eigenvalue weighted by atomic mass is 10.2. The molecule has 35 heavy (non-hydrogen) atoms. The second kappa shape index (κ2) is 11.0. The van der Waals surface area contributed by atoms with Gasteiger partial charge in [-0.05, 0) is 39.0 Å². The molecule has 0 radical (unpaired) electrons. The van der Waals surface area contributed by atoms with E-state index in [1.54, 1.807) is 44.2 Å². The largest absolute Gasteiger partial charge is 0.462 e. The molecule has 11 nitrogen and oxygen atoms in total. The van der Waals surface area contributed by atoms with Crippen LogP contribution in [0.25, 0.3) is 0 Å². The van der Waals surface area contributed by atoms with Gasteiger partial charge in [0, 0.05) is 12.6 Å². The third-order valence-electron chi connectivity index (χ3n) is 4.74. The molecular formula is C21H27ClFN4O7P. The summed E-state index contributed by atoms with van der Waals surface area (Å²) in [6.45, 7) is 4.34. The summed E-state index contributed by atoms with van der Waals surface area (Å²) in [5.41, 5.74) is 4.62. The Morgan fingerprint density at radius 2 is 2.06 bits per heavy atom. The third kappa shape index (κ3) is 7.25. The number of ether oxygens (including phenoxy) is 2. The van der Waals surface area contributed by atoms with Gasteiger partial charge >= 0.3 is 19.4 Å². The zero-order chi connectivity index (χ0) is 25.8. The van der Waals surface area contributed by atoms with Crippen LogP contribution in [-0.2, 0) is 23.4 Å². The number of nitrogens with one attached hydrogen (secondary N) is 1. The summed E-state index contributed by atoms with van der Waals surface area (Å²) in [5, 5.41) is 0.0407. The number of aromatic nitrogens is 2. The van der Waals surface area contributed by atoms with E-state index < -0.39 is 62.0 Å². The second-order valence-corrected chi connectivity index (χ2v) is 10.5. The zero-order valence-electron chi connectivity index (χ0n) is 19.3. The average molecular weight is 533 g/mol. The lowest BCUT2D eigenvalue weighted by molar-refractivity contribution is -0.149. The minimum Gasteiger partial charge on any atom is -0.462 e. The van der Waals surface area contributed by atoms with Crippen LogP contribution < -0.4 is 21.0 Å². The molecule has 1 aromatic heterocycles. The van der Waals surface area contributed by atoms with Crippen LogP contribution in [0.15, 0.2) is 47.4 Å². The number of nitrogens with two attached hydrogens (primary N) is 1. The number of carbonyl (C=O) groups excluding carboxylic acids is 1. The second-order valence-electron chi connectivity index (χ2n) is 8.15. The van der Waals surface area contributed by atoms with Gasteiger partial charge in [0.1, 0.15) is 17.6 Å². The molecule has 0 aliphatic carbocycles. The number of rotatable bonds is 10. The fourth-order valence-corrected chi connectivity index (χ4v) is 5.07. The molecule has 3 N–H and O–H groups in total. The number of benzene rings is 1. The maximum absolute atomic E-state index is 15.1. The molecule has 1 aromatic carbocycles. The number of nitrogen functional groups attached to an aromatic ring is 1. The minimum absolute atomic E-state index is 0.0432. The van der Waals surface area contributed by atoms with Crippen LogP contribution >= 0.6 is 19.3 Å². The number of anilines is 1. The Kier molecular flexibility index (Phi) is 8.55. The molecule has 1 aliphatic rings. The van der Waals surface area contributed by atoms with Gasteiger partial charge in [0.05, 0.1) is 18.8 Å². The quantitative estimate of drug-likeness (QED) is 0.266. The molecule has 192 valence electrons. The van der Waals surface area contributed by atoms with Crippen molar-refractivity contribution >= 4 is 31.1 Å². The zero-order valence-corrected chi connectivity index (χ0v) is 20.9. The number of halogens is 2. The van der Waals surface area contributed by atoms with Crippen molar-refractivity contribution in [3.05, 3.63) is 53.1 Å². The van der Waals surface area contributed by atoms with Crippen molar-refractivity contribution in [2.24, 2.45) is 0 Å². The Bertz CT molecular complexity index is 1130. The van der Waals surface area contributed by atoms with E-state index in [-0.39, 0.29) is 11.6 Å². The van der Waals surface area contributed by atoms with Crippen LogP contribution in [0.4, 0.5) is 10.2 Å². The molecule has 1 aliphatic heterocycles. The molecule has 0 saturated carbocycles. The van der Waals surface area contributed by atoms with Gasteiger partial charge in [-0.3, -0.25) is 13.9 Å². The van der Waals surface area contributed by atoms with Crippen molar-refractivity contribution in [2.75, 3.05) is 12.3 Å². The predicted octanol–water partition coefficient (Wildman–Crippen LogP) is 3.15. The maximum atomic E-state index is 15.1. The molecule has 0 spiro atoms. The highest BCUT2D eigenvalue weighted by Crippen LogP contribution is 2.48. The van der Waals surface area contributed by atoms with Crippen molar-refractivity contribution in [1.82, 2.24) is 14.6 Å². The standard InChI is InChI=1S/C21H27ClFN4O7P/c1-13(2)32-18(28)14(3)26-35(30,34-15-7-5-4-6-8-15)31-12-16-11-21(22,23)19(33-16)27-10-9-17(24)25-20(27)29/h4-10,13-14,16,19H,11-12H2,1-3H3,(H,26,30)(H2,24,25,29)/t14?,16-,19+,21+,35?/m0/s1. The molecule has 2 unspecified atom stereocenters. The molecule has 0 amide bonds. The molecule has 2 heterocycles. The highest BCUT2D eigenvalue weighted by atomic mass is 35.5. The SMILES string of the molecule is CC(C)OC(=O)C(C)NP(=O)(OC[C@@H]1C[C@](F)(Cl)[C@H](n2ccc(N)nc2=O)O1)Oc1ccccc1. The van der Waals surface area contributed by atoms with Gasteiger partial charge in [0.15, 0.2) is 6.23 Å². The number of hydrogen-bond acceptors (Lipinski definition) is 9. The van der Waals surface area contributed by atoms with Gasteiger partial charge in [-0.2, -0.15) is 10.1 Å². The van der Waals surface area contributed by atoms with Crippen LogP contribution in [0.3, 0.4) is 0 Å². The van der Waals surface area contributed by atoms with Gasteiger partial charge in [-0.1, -0.05) is 29.8 Å². The number of alkyl halides is 2. The average Bonchev–Trinajstić information content (AvgIpc) is 3.06. The lowest BCUT2D eigenvalue weighted by Gasteiger charge is -2.24. The predicted molar refractivity (Wildman–Crippen MR) is 126 cm³/mol. The topological polar surface area (TPSA) is 144 Å². The molecule has 2 aromatic rings. The molecular weight excluding hydrogens is 506 g/mol. The lowest BCUT2D eigenvalue weighted by Crippen LogP contribution is -2.36. The van der Waals surface area contributed by atoms with Gasteiger partial charge in [-0.15, -0.1) is 0 Å². The summed E-state index contributed by atoms with van der Waals surface area (Å²) < 4.78 is 51.2. The van der Waals surface area contributed by atoms with Crippen LogP contribution in [0, 0.1) is 0 Å². The normalized spacial score (nSPS) is 24.6. The molecule has 3 rings (SSSR count). The minimum atomic E-state index is -4.19. The number of hydrogen-bond donors (Lipinski definition) is 2. The van der Waals surface area contributed by atoms with Crippen molar-refractivity contribution in [2.45, 2.75) is 56.8 Å². The van der Waals surface area contributed by atoms with Gasteiger partial charge < -0.3 is 19.7 Å². The number of para-hydroxylation sites is 1. The first-order valence-corrected chi connectivity index (χ1v) is 12.7.